The third kappa shape index (κ3) is 4.82. The predicted octanol–water partition coefficient (Wildman–Crippen LogP) is 4.01. The van der Waals surface area contributed by atoms with Crippen molar-refractivity contribution in [3.8, 4) is 0 Å². The van der Waals surface area contributed by atoms with E-state index in [9.17, 15) is 14.4 Å². The molecule has 2 rings (SSSR count). The Morgan fingerprint density at radius 1 is 1.04 bits per heavy atom. The molecular weight excluding hydrogens is 346 g/mol. The molecule has 0 atom stereocenters. The van der Waals surface area contributed by atoms with Gasteiger partial charge in [-0.25, -0.2) is 9.59 Å². The third-order valence-electron chi connectivity index (χ3n) is 3.83. The smallest absolute Gasteiger partial charge is 0.414 e. The first kappa shape index (κ1) is 19.9. The van der Waals surface area contributed by atoms with Gasteiger partial charge in [0.25, 0.3) is 0 Å². The molecule has 6 nitrogen and oxygen atoms in total. The van der Waals surface area contributed by atoms with Crippen LogP contribution in [0.15, 0.2) is 61.2 Å². The Bertz CT molecular complexity index is 845. The van der Waals surface area contributed by atoms with E-state index in [1.807, 2.05) is 30.3 Å². The molecule has 0 aromatic heterocycles. The lowest BCUT2D eigenvalue weighted by Crippen LogP contribution is -2.34. The molecule has 140 valence electrons. The van der Waals surface area contributed by atoms with Gasteiger partial charge in [-0.15, -0.1) is 6.58 Å². The highest BCUT2D eigenvalue weighted by Gasteiger charge is 2.27. The number of anilines is 1. The number of carbonyl (C=O) groups excluding carboxylic acids is 3. The number of benzene rings is 2. The highest BCUT2D eigenvalue weighted by atomic mass is 16.6. The number of amides is 1. The first-order valence-corrected chi connectivity index (χ1v) is 8.31. The van der Waals surface area contributed by atoms with Crippen LogP contribution in [0.3, 0.4) is 0 Å². The SMILES string of the molecule is C=CCN(C(=O)OCc1ccccc1)c1c(C(C)=O)cccc1C(=O)OC. The molecule has 0 saturated heterocycles. The van der Waals surface area contributed by atoms with Gasteiger partial charge in [-0.05, 0) is 24.6 Å². The van der Waals surface area contributed by atoms with Crippen molar-refractivity contribution in [3.05, 3.63) is 77.9 Å². The van der Waals surface area contributed by atoms with E-state index in [1.165, 1.54) is 31.1 Å². The van der Waals surface area contributed by atoms with Crippen molar-refractivity contribution < 1.29 is 23.9 Å². The fourth-order valence-corrected chi connectivity index (χ4v) is 2.58. The summed E-state index contributed by atoms with van der Waals surface area (Å²) in [7, 11) is 1.23. The minimum Gasteiger partial charge on any atom is -0.465 e. The van der Waals surface area contributed by atoms with E-state index < -0.39 is 12.1 Å². The molecule has 2 aromatic rings. The van der Waals surface area contributed by atoms with Crippen molar-refractivity contribution in [2.24, 2.45) is 0 Å². The van der Waals surface area contributed by atoms with Gasteiger partial charge in [-0.2, -0.15) is 0 Å². The molecule has 0 bridgehead atoms. The van der Waals surface area contributed by atoms with E-state index in [-0.39, 0.29) is 35.7 Å². The first-order valence-electron chi connectivity index (χ1n) is 8.31. The summed E-state index contributed by atoms with van der Waals surface area (Å²) in [6.45, 7) is 5.12. The van der Waals surface area contributed by atoms with Gasteiger partial charge in [-0.3, -0.25) is 9.69 Å². The quantitative estimate of drug-likeness (QED) is 0.420. The van der Waals surface area contributed by atoms with Crippen molar-refractivity contribution in [2.75, 3.05) is 18.6 Å². The number of hydrogen-bond donors (Lipinski definition) is 0. The van der Waals surface area contributed by atoms with Gasteiger partial charge in [0.15, 0.2) is 5.78 Å². The Morgan fingerprint density at radius 3 is 2.30 bits per heavy atom. The fraction of sp³-hybridized carbons (Fsp3) is 0.190. The molecule has 0 N–H and O–H groups in total. The van der Waals surface area contributed by atoms with Crippen LogP contribution in [0, 0.1) is 0 Å². The average molecular weight is 367 g/mol. The molecule has 27 heavy (non-hydrogen) atoms. The Labute approximate surface area is 158 Å². The molecule has 0 saturated carbocycles. The zero-order chi connectivity index (χ0) is 19.8. The average Bonchev–Trinajstić information content (AvgIpc) is 2.69. The second-order valence-corrected chi connectivity index (χ2v) is 5.69. The number of carbonyl (C=O) groups is 3. The van der Waals surface area contributed by atoms with Crippen LogP contribution in [0.25, 0.3) is 0 Å². The summed E-state index contributed by atoms with van der Waals surface area (Å²) in [6, 6.07) is 13.8. The van der Waals surface area contributed by atoms with Crippen LogP contribution in [-0.4, -0.2) is 31.5 Å². The molecule has 0 aliphatic heterocycles. The lowest BCUT2D eigenvalue weighted by Gasteiger charge is -2.24. The molecule has 6 heteroatoms. The lowest BCUT2D eigenvalue weighted by atomic mass is 10.0. The summed E-state index contributed by atoms with van der Waals surface area (Å²) in [5.74, 6) is -0.946. The van der Waals surface area contributed by atoms with Crippen LogP contribution in [-0.2, 0) is 16.1 Å². The van der Waals surface area contributed by atoms with Crippen LogP contribution in [0.5, 0.6) is 0 Å². The van der Waals surface area contributed by atoms with Crippen molar-refractivity contribution >= 4 is 23.5 Å². The maximum absolute atomic E-state index is 12.7. The normalized spacial score (nSPS) is 10.0. The fourth-order valence-electron chi connectivity index (χ4n) is 2.58. The minimum absolute atomic E-state index is 0.0575. The molecule has 0 aliphatic carbocycles. The van der Waals surface area contributed by atoms with Crippen LogP contribution < -0.4 is 4.90 Å². The number of Topliss-reactive ketones (excluding diaryl/α,β-unsaturated/α-hetero) is 1. The maximum Gasteiger partial charge on any atom is 0.414 e. The van der Waals surface area contributed by atoms with Gasteiger partial charge in [0.05, 0.1) is 18.4 Å². The van der Waals surface area contributed by atoms with Gasteiger partial charge < -0.3 is 9.47 Å². The highest BCUT2D eigenvalue weighted by Crippen LogP contribution is 2.28. The van der Waals surface area contributed by atoms with Crippen LogP contribution >= 0.6 is 0 Å². The summed E-state index contributed by atoms with van der Waals surface area (Å²) in [4.78, 5) is 38.2. The monoisotopic (exact) mass is 367 g/mol. The number of ketones is 1. The second kappa shape index (κ2) is 9.33. The van der Waals surface area contributed by atoms with Crippen LogP contribution in [0.4, 0.5) is 10.5 Å². The Hall–Kier alpha value is -3.41. The molecule has 1 amide bonds. The number of ether oxygens (including phenoxy) is 2. The van der Waals surface area contributed by atoms with Gasteiger partial charge in [-0.1, -0.05) is 42.5 Å². The molecule has 0 heterocycles. The summed E-state index contributed by atoms with van der Waals surface area (Å²) in [5, 5.41) is 0. The number of hydrogen-bond acceptors (Lipinski definition) is 5. The summed E-state index contributed by atoms with van der Waals surface area (Å²) in [5.41, 5.74) is 1.28. The third-order valence-corrected chi connectivity index (χ3v) is 3.83. The van der Waals surface area contributed by atoms with E-state index in [0.29, 0.717) is 0 Å². The minimum atomic E-state index is -0.697. The Morgan fingerprint density at radius 2 is 1.70 bits per heavy atom. The Balaban J connectivity index is 2.42. The molecular formula is C21H21NO5. The standard InChI is InChI=1S/C21H21NO5/c1-4-13-22(21(25)27-14-16-9-6-5-7-10-16)19-17(15(2)23)11-8-12-18(19)20(24)26-3/h4-12H,1,13-14H2,2-3H3. The van der Waals surface area contributed by atoms with Crippen molar-refractivity contribution in [3.63, 3.8) is 0 Å². The predicted molar refractivity (Wildman–Crippen MR) is 102 cm³/mol. The Kier molecular flexibility index (Phi) is 6.88. The summed E-state index contributed by atoms with van der Waals surface area (Å²) < 4.78 is 10.2. The van der Waals surface area contributed by atoms with Gasteiger partial charge in [0.2, 0.25) is 0 Å². The highest BCUT2D eigenvalue weighted by molar-refractivity contribution is 6.10. The zero-order valence-electron chi connectivity index (χ0n) is 15.3. The van der Waals surface area contributed by atoms with Gasteiger partial charge >= 0.3 is 12.1 Å². The number of esters is 1. The van der Waals surface area contributed by atoms with Crippen molar-refractivity contribution in [1.82, 2.24) is 0 Å². The largest absolute Gasteiger partial charge is 0.465 e. The van der Waals surface area contributed by atoms with E-state index in [4.69, 9.17) is 9.47 Å². The zero-order valence-corrected chi connectivity index (χ0v) is 15.3. The van der Waals surface area contributed by atoms with Crippen LogP contribution in [0.2, 0.25) is 0 Å². The summed E-state index contributed by atoms with van der Waals surface area (Å²) >= 11 is 0. The molecule has 2 aromatic carbocycles. The molecule has 0 spiro atoms. The molecule has 0 radical (unpaired) electrons. The summed E-state index contributed by atoms with van der Waals surface area (Å²) in [6.07, 6.45) is 0.791. The maximum atomic E-state index is 12.7. The van der Waals surface area contributed by atoms with E-state index >= 15 is 0 Å². The number of nitrogens with zero attached hydrogens (tertiary/aromatic N) is 1. The lowest BCUT2D eigenvalue weighted by molar-refractivity contribution is 0.0601. The second-order valence-electron chi connectivity index (χ2n) is 5.69. The number of para-hydroxylation sites is 1. The number of rotatable bonds is 7. The van der Waals surface area contributed by atoms with E-state index in [0.717, 1.165) is 5.56 Å². The molecule has 0 fully saturated rings. The van der Waals surface area contributed by atoms with Crippen molar-refractivity contribution in [2.45, 2.75) is 13.5 Å². The molecule has 0 unspecified atom stereocenters. The van der Waals surface area contributed by atoms with Gasteiger partial charge in [0.1, 0.15) is 6.61 Å². The van der Waals surface area contributed by atoms with Gasteiger partial charge in [0, 0.05) is 12.1 Å². The number of methoxy groups -OCH3 is 1. The van der Waals surface area contributed by atoms with E-state index in [2.05, 4.69) is 6.58 Å². The topological polar surface area (TPSA) is 72.9 Å². The van der Waals surface area contributed by atoms with Crippen molar-refractivity contribution in [1.29, 1.82) is 0 Å². The first-order chi connectivity index (χ1) is 13.0. The van der Waals surface area contributed by atoms with E-state index in [1.54, 1.807) is 12.1 Å². The molecule has 0 aliphatic rings. The van der Waals surface area contributed by atoms with Crippen LogP contribution in [0.1, 0.15) is 33.2 Å².